The first kappa shape index (κ1) is 14.7. The average molecular weight is 278 g/mol. The first-order valence-corrected chi connectivity index (χ1v) is 6.74. The van der Waals surface area contributed by atoms with E-state index in [0.717, 1.165) is 5.56 Å². The standard InChI is InChI=1S/C15H19FN2O2/c1-11-9-14(19)18(15(11)20)8-7-17(2)10-12-3-5-13(16)6-4-12/h3-6,11H,7-10H2,1-2H3/t11-/m1/s1. The van der Waals surface area contributed by atoms with Crippen molar-refractivity contribution in [3.05, 3.63) is 35.6 Å². The van der Waals surface area contributed by atoms with Crippen LogP contribution < -0.4 is 0 Å². The zero-order chi connectivity index (χ0) is 14.7. The van der Waals surface area contributed by atoms with Gasteiger partial charge in [-0.1, -0.05) is 19.1 Å². The fraction of sp³-hybridized carbons (Fsp3) is 0.467. The van der Waals surface area contributed by atoms with Gasteiger partial charge in [-0.3, -0.25) is 14.5 Å². The summed E-state index contributed by atoms with van der Waals surface area (Å²) in [5.41, 5.74) is 1.00. The molecule has 2 rings (SSSR count). The molecule has 0 unspecified atom stereocenters. The lowest BCUT2D eigenvalue weighted by molar-refractivity contribution is -0.139. The van der Waals surface area contributed by atoms with Crippen LogP contribution in [0, 0.1) is 11.7 Å². The molecule has 108 valence electrons. The van der Waals surface area contributed by atoms with Crippen molar-refractivity contribution in [1.29, 1.82) is 0 Å². The first-order chi connectivity index (χ1) is 9.47. The Hall–Kier alpha value is -1.75. The number of halogens is 1. The smallest absolute Gasteiger partial charge is 0.232 e. The summed E-state index contributed by atoms with van der Waals surface area (Å²) in [5, 5.41) is 0. The molecule has 1 saturated heterocycles. The highest BCUT2D eigenvalue weighted by molar-refractivity contribution is 6.03. The van der Waals surface area contributed by atoms with Crippen LogP contribution in [0.1, 0.15) is 18.9 Å². The quantitative estimate of drug-likeness (QED) is 0.769. The van der Waals surface area contributed by atoms with Gasteiger partial charge in [-0.25, -0.2) is 4.39 Å². The minimum absolute atomic E-state index is 0.0785. The lowest BCUT2D eigenvalue weighted by atomic mass is 10.1. The number of amides is 2. The van der Waals surface area contributed by atoms with Gasteiger partial charge < -0.3 is 4.90 Å². The van der Waals surface area contributed by atoms with Crippen molar-refractivity contribution in [2.75, 3.05) is 20.1 Å². The van der Waals surface area contributed by atoms with Gasteiger partial charge >= 0.3 is 0 Å². The molecule has 0 radical (unpaired) electrons. The molecule has 1 aromatic rings. The number of benzene rings is 1. The lowest BCUT2D eigenvalue weighted by Gasteiger charge is -2.21. The van der Waals surface area contributed by atoms with Crippen LogP contribution in [0.3, 0.4) is 0 Å². The van der Waals surface area contributed by atoms with Gasteiger partial charge in [0.1, 0.15) is 5.82 Å². The van der Waals surface area contributed by atoms with Crippen molar-refractivity contribution >= 4 is 11.8 Å². The molecule has 0 aromatic heterocycles. The van der Waals surface area contributed by atoms with E-state index in [2.05, 4.69) is 0 Å². The Morgan fingerprint density at radius 3 is 2.50 bits per heavy atom. The number of carbonyl (C=O) groups is 2. The Balaban J connectivity index is 1.83. The normalized spacial score (nSPS) is 19.2. The molecule has 1 heterocycles. The first-order valence-electron chi connectivity index (χ1n) is 6.74. The van der Waals surface area contributed by atoms with Gasteiger partial charge in [0, 0.05) is 32.0 Å². The second kappa shape index (κ2) is 6.13. The number of nitrogens with zero attached hydrogens (tertiary/aromatic N) is 2. The topological polar surface area (TPSA) is 40.6 Å². The van der Waals surface area contributed by atoms with Crippen molar-refractivity contribution in [3.63, 3.8) is 0 Å². The van der Waals surface area contributed by atoms with E-state index in [-0.39, 0.29) is 23.5 Å². The Kier molecular flexibility index (Phi) is 4.49. The molecule has 4 nitrogen and oxygen atoms in total. The van der Waals surface area contributed by atoms with Crippen LogP contribution >= 0.6 is 0 Å². The van der Waals surface area contributed by atoms with E-state index in [1.165, 1.54) is 17.0 Å². The third kappa shape index (κ3) is 3.42. The molecule has 1 fully saturated rings. The number of carbonyl (C=O) groups excluding carboxylic acids is 2. The Morgan fingerprint density at radius 2 is 1.95 bits per heavy atom. The summed E-state index contributed by atoms with van der Waals surface area (Å²) in [6, 6.07) is 6.33. The summed E-state index contributed by atoms with van der Waals surface area (Å²) in [5.74, 6) is -0.605. The van der Waals surface area contributed by atoms with E-state index >= 15 is 0 Å². The van der Waals surface area contributed by atoms with Gasteiger partial charge in [0.25, 0.3) is 0 Å². The van der Waals surface area contributed by atoms with Crippen molar-refractivity contribution in [3.8, 4) is 0 Å². The molecular weight excluding hydrogens is 259 g/mol. The summed E-state index contributed by atoms with van der Waals surface area (Å²) in [6.07, 6.45) is 0.320. The fourth-order valence-corrected chi connectivity index (χ4v) is 2.33. The molecule has 2 amide bonds. The van der Waals surface area contributed by atoms with Crippen LogP contribution in [-0.4, -0.2) is 41.8 Å². The number of hydrogen-bond acceptors (Lipinski definition) is 3. The van der Waals surface area contributed by atoms with Gasteiger partial charge in [-0.2, -0.15) is 0 Å². The van der Waals surface area contributed by atoms with Crippen molar-refractivity contribution < 1.29 is 14.0 Å². The zero-order valence-corrected chi connectivity index (χ0v) is 11.8. The van der Waals surface area contributed by atoms with Gasteiger partial charge in [0.15, 0.2) is 0 Å². The van der Waals surface area contributed by atoms with E-state index in [1.54, 1.807) is 19.1 Å². The maximum Gasteiger partial charge on any atom is 0.232 e. The Bertz CT molecular complexity index is 501. The summed E-state index contributed by atoms with van der Waals surface area (Å²) in [7, 11) is 1.91. The summed E-state index contributed by atoms with van der Waals surface area (Å²) in [6.45, 7) is 3.47. The lowest BCUT2D eigenvalue weighted by Crippen LogP contribution is -2.37. The SMILES string of the molecule is C[C@@H]1CC(=O)N(CCN(C)Cc2ccc(F)cc2)C1=O. The minimum atomic E-state index is -0.251. The van der Waals surface area contributed by atoms with Crippen LogP contribution in [0.4, 0.5) is 4.39 Å². The number of rotatable bonds is 5. The number of imide groups is 1. The van der Waals surface area contributed by atoms with Crippen LogP contribution in [0.15, 0.2) is 24.3 Å². The molecule has 0 bridgehead atoms. The van der Waals surface area contributed by atoms with E-state index in [1.807, 2.05) is 11.9 Å². The highest BCUT2D eigenvalue weighted by Crippen LogP contribution is 2.18. The van der Waals surface area contributed by atoms with Crippen LogP contribution in [0.5, 0.6) is 0 Å². The molecule has 20 heavy (non-hydrogen) atoms. The molecule has 0 spiro atoms. The van der Waals surface area contributed by atoms with Crippen LogP contribution in [0.2, 0.25) is 0 Å². The maximum atomic E-state index is 12.8. The molecule has 0 saturated carbocycles. The van der Waals surface area contributed by atoms with Gasteiger partial charge in [-0.15, -0.1) is 0 Å². The molecule has 1 aliphatic heterocycles. The van der Waals surface area contributed by atoms with Crippen LogP contribution in [-0.2, 0) is 16.1 Å². The van der Waals surface area contributed by atoms with E-state index in [9.17, 15) is 14.0 Å². The Labute approximate surface area is 118 Å². The average Bonchev–Trinajstić information content (AvgIpc) is 2.64. The summed E-state index contributed by atoms with van der Waals surface area (Å²) < 4.78 is 12.8. The molecular formula is C15H19FN2O2. The predicted molar refractivity (Wildman–Crippen MR) is 73.2 cm³/mol. The van der Waals surface area contributed by atoms with Gasteiger partial charge in [-0.05, 0) is 24.7 Å². The van der Waals surface area contributed by atoms with Gasteiger partial charge in [0.05, 0.1) is 0 Å². The van der Waals surface area contributed by atoms with E-state index in [0.29, 0.717) is 26.1 Å². The third-order valence-corrected chi connectivity index (χ3v) is 3.54. The molecule has 0 N–H and O–H groups in total. The van der Waals surface area contributed by atoms with Gasteiger partial charge in [0.2, 0.25) is 11.8 Å². The number of likely N-dealkylation sites (N-methyl/N-ethyl adjacent to an activating group) is 1. The molecule has 1 atom stereocenters. The van der Waals surface area contributed by atoms with E-state index < -0.39 is 0 Å². The zero-order valence-electron chi connectivity index (χ0n) is 11.8. The predicted octanol–water partition coefficient (Wildman–Crippen LogP) is 1.65. The van der Waals surface area contributed by atoms with E-state index in [4.69, 9.17) is 0 Å². The molecule has 1 aromatic carbocycles. The number of likely N-dealkylation sites (tertiary alicyclic amines) is 1. The highest BCUT2D eigenvalue weighted by atomic mass is 19.1. The third-order valence-electron chi connectivity index (χ3n) is 3.54. The fourth-order valence-electron chi connectivity index (χ4n) is 2.33. The second-order valence-corrected chi connectivity index (χ2v) is 5.35. The maximum absolute atomic E-state index is 12.8. The van der Waals surface area contributed by atoms with Crippen LogP contribution in [0.25, 0.3) is 0 Å². The molecule has 0 aliphatic carbocycles. The molecule has 5 heteroatoms. The largest absolute Gasteiger partial charge is 0.300 e. The summed E-state index contributed by atoms with van der Waals surface area (Å²) >= 11 is 0. The second-order valence-electron chi connectivity index (χ2n) is 5.35. The minimum Gasteiger partial charge on any atom is -0.300 e. The Morgan fingerprint density at radius 1 is 1.30 bits per heavy atom. The highest BCUT2D eigenvalue weighted by Gasteiger charge is 2.35. The monoisotopic (exact) mass is 278 g/mol. The molecule has 1 aliphatic rings. The summed E-state index contributed by atoms with van der Waals surface area (Å²) in [4.78, 5) is 26.8. The van der Waals surface area contributed by atoms with Crippen molar-refractivity contribution in [1.82, 2.24) is 9.80 Å². The van der Waals surface area contributed by atoms with Crippen molar-refractivity contribution in [2.24, 2.45) is 5.92 Å². The van der Waals surface area contributed by atoms with Crippen molar-refractivity contribution in [2.45, 2.75) is 19.9 Å². The number of hydrogen-bond donors (Lipinski definition) is 0.